The van der Waals surface area contributed by atoms with E-state index in [1.165, 1.54) is 0 Å². The van der Waals surface area contributed by atoms with Crippen LogP contribution in [0.2, 0.25) is 0 Å². The summed E-state index contributed by atoms with van der Waals surface area (Å²) in [4.78, 5) is 9.93. The van der Waals surface area contributed by atoms with Crippen molar-refractivity contribution in [1.29, 1.82) is 0 Å². The molecule has 0 bridgehead atoms. The lowest BCUT2D eigenvalue weighted by Crippen LogP contribution is -2.74. The molecule has 0 aliphatic rings. The number of alkyl halides is 17. The summed E-state index contributed by atoms with van der Waals surface area (Å²) < 4.78 is 226. The molecular formula is C12H7F17O5. The van der Waals surface area contributed by atoms with Gasteiger partial charge in [0.05, 0.1) is 6.61 Å². The summed E-state index contributed by atoms with van der Waals surface area (Å²) in [6, 6.07) is 0. The Labute approximate surface area is 174 Å². The van der Waals surface area contributed by atoms with Gasteiger partial charge in [0, 0.05) is 0 Å². The van der Waals surface area contributed by atoms with E-state index in [0.29, 0.717) is 0 Å². The van der Waals surface area contributed by atoms with Crippen molar-refractivity contribution in [3.05, 3.63) is 0 Å². The average molecular weight is 554 g/mol. The second-order valence-corrected chi connectivity index (χ2v) is 6.00. The summed E-state index contributed by atoms with van der Waals surface area (Å²) in [6.07, 6.45) is -20.0. The summed E-state index contributed by atoms with van der Waals surface area (Å²) in [7, 11) is 0. The minimum absolute atomic E-state index is 1.62. The molecule has 0 aliphatic heterocycles. The van der Waals surface area contributed by atoms with Crippen molar-refractivity contribution in [1.82, 2.24) is 0 Å². The Morgan fingerprint density at radius 3 is 1.24 bits per heavy atom. The quantitative estimate of drug-likeness (QED) is 0.277. The third kappa shape index (κ3) is 4.87. The Hall–Kier alpha value is -2.00. The molecule has 0 saturated carbocycles. The molecule has 22 heteroatoms. The van der Waals surface area contributed by atoms with Crippen molar-refractivity contribution >= 4 is 6.16 Å². The first kappa shape index (κ1) is 32.0. The molecule has 0 rings (SSSR count). The summed E-state index contributed by atoms with van der Waals surface area (Å²) in [6.45, 7) is -4.03. The van der Waals surface area contributed by atoms with Crippen LogP contribution < -0.4 is 0 Å². The molecule has 0 amide bonds. The van der Waals surface area contributed by atoms with E-state index in [1.807, 2.05) is 0 Å². The number of ether oxygens (including phenoxy) is 2. The van der Waals surface area contributed by atoms with Crippen LogP contribution >= 0.6 is 0 Å². The second kappa shape index (κ2) is 8.90. The lowest BCUT2D eigenvalue weighted by atomic mass is 9.90. The molecule has 204 valence electrons. The van der Waals surface area contributed by atoms with Crippen molar-refractivity contribution in [3.8, 4) is 0 Å². The van der Waals surface area contributed by atoms with Crippen molar-refractivity contribution in [2.75, 3.05) is 13.2 Å². The van der Waals surface area contributed by atoms with Gasteiger partial charge in [-0.25, -0.2) is 4.79 Å². The molecule has 1 unspecified atom stereocenters. The minimum atomic E-state index is -8.77. The zero-order chi connectivity index (χ0) is 28.0. The second-order valence-electron chi connectivity index (χ2n) is 6.00. The van der Waals surface area contributed by atoms with Gasteiger partial charge in [-0.15, -0.1) is 0 Å². The van der Waals surface area contributed by atoms with Crippen LogP contribution in [0.5, 0.6) is 0 Å². The fourth-order valence-electron chi connectivity index (χ4n) is 1.66. The SMILES string of the molecule is O=C(O)OCC(O)COC(F)(F)C(F)(F)C(F)(F)C(F)(F)C(F)(F)C(F)(F)C(F)(F)C(F)(F)F. The highest BCUT2D eigenvalue weighted by atomic mass is 19.4. The van der Waals surface area contributed by atoms with Crippen molar-refractivity contribution in [2.24, 2.45) is 0 Å². The molecule has 0 saturated heterocycles. The van der Waals surface area contributed by atoms with Crippen molar-refractivity contribution < 1.29 is 99.1 Å². The molecule has 0 fully saturated rings. The third-order valence-corrected chi connectivity index (χ3v) is 3.55. The van der Waals surface area contributed by atoms with E-state index in [9.17, 15) is 79.4 Å². The largest absolute Gasteiger partial charge is 0.505 e. The highest BCUT2D eigenvalue weighted by molar-refractivity contribution is 5.56. The predicted octanol–water partition coefficient (Wildman–Crippen LogP) is 5.03. The maximum Gasteiger partial charge on any atom is 0.505 e. The van der Waals surface area contributed by atoms with Crippen LogP contribution in [-0.2, 0) is 9.47 Å². The zero-order valence-corrected chi connectivity index (χ0v) is 15.0. The van der Waals surface area contributed by atoms with E-state index >= 15 is 0 Å². The van der Waals surface area contributed by atoms with Gasteiger partial charge in [0.1, 0.15) is 12.7 Å². The number of aliphatic hydroxyl groups excluding tert-OH is 1. The highest BCUT2D eigenvalue weighted by Gasteiger charge is 2.95. The number of rotatable bonds is 11. The molecule has 5 nitrogen and oxygen atoms in total. The topological polar surface area (TPSA) is 76.0 Å². The highest BCUT2D eigenvalue weighted by Crippen LogP contribution is 2.63. The number of carboxylic acid groups (broad SMARTS) is 1. The zero-order valence-electron chi connectivity index (χ0n) is 15.0. The lowest BCUT2D eigenvalue weighted by molar-refractivity contribution is -0.478. The molecule has 0 aromatic heterocycles. The summed E-state index contributed by atoms with van der Waals surface area (Å²) >= 11 is 0. The first-order chi connectivity index (χ1) is 14.6. The smallest absolute Gasteiger partial charge is 0.450 e. The number of aliphatic hydroxyl groups is 1. The van der Waals surface area contributed by atoms with E-state index < -0.39 is 73.3 Å². The Morgan fingerprint density at radius 1 is 0.588 bits per heavy atom. The van der Waals surface area contributed by atoms with E-state index in [-0.39, 0.29) is 0 Å². The molecule has 0 radical (unpaired) electrons. The molecule has 2 N–H and O–H groups in total. The molecule has 0 aliphatic carbocycles. The van der Waals surface area contributed by atoms with E-state index in [4.69, 9.17) is 10.2 Å². The Morgan fingerprint density at radius 2 is 0.912 bits per heavy atom. The summed E-state index contributed by atoms with van der Waals surface area (Å²) in [5, 5.41) is 16.8. The monoisotopic (exact) mass is 554 g/mol. The van der Waals surface area contributed by atoms with E-state index in [2.05, 4.69) is 9.47 Å². The van der Waals surface area contributed by atoms with Crippen molar-refractivity contribution in [2.45, 2.75) is 53.9 Å². The maximum atomic E-state index is 13.4. The minimum Gasteiger partial charge on any atom is -0.450 e. The van der Waals surface area contributed by atoms with Gasteiger partial charge in [-0.3, -0.25) is 0 Å². The number of hydrogen-bond acceptors (Lipinski definition) is 4. The van der Waals surface area contributed by atoms with Gasteiger partial charge < -0.3 is 19.7 Å². The van der Waals surface area contributed by atoms with Crippen LogP contribution in [0.3, 0.4) is 0 Å². The first-order valence-corrected chi connectivity index (χ1v) is 7.45. The molecule has 0 aromatic rings. The van der Waals surface area contributed by atoms with Crippen LogP contribution in [0.4, 0.5) is 79.4 Å². The molecule has 0 spiro atoms. The third-order valence-electron chi connectivity index (χ3n) is 3.55. The molecule has 1 atom stereocenters. The van der Waals surface area contributed by atoms with Gasteiger partial charge in [-0.05, 0) is 0 Å². The van der Waals surface area contributed by atoms with Crippen LogP contribution in [0, 0.1) is 0 Å². The van der Waals surface area contributed by atoms with Gasteiger partial charge in [-0.2, -0.15) is 74.6 Å². The van der Waals surface area contributed by atoms with Gasteiger partial charge in [0.15, 0.2) is 0 Å². The van der Waals surface area contributed by atoms with E-state index in [1.54, 1.807) is 0 Å². The molecule has 0 aromatic carbocycles. The number of halogens is 17. The van der Waals surface area contributed by atoms with Gasteiger partial charge in [0.2, 0.25) is 0 Å². The predicted molar refractivity (Wildman–Crippen MR) is 66.6 cm³/mol. The Kier molecular flexibility index (Phi) is 8.37. The fourth-order valence-corrected chi connectivity index (χ4v) is 1.66. The van der Waals surface area contributed by atoms with Crippen LogP contribution in [0.15, 0.2) is 0 Å². The van der Waals surface area contributed by atoms with Gasteiger partial charge in [0.25, 0.3) is 0 Å². The molecule has 34 heavy (non-hydrogen) atoms. The number of hydrogen-bond donors (Lipinski definition) is 2. The maximum absolute atomic E-state index is 13.4. The van der Waals surface area contributed by atoms with Gasteiger partial charge >= 0.3 is 54.0 Å². The van der Waals surface area contributed by atoms with Crippen LogP contribution in [0.25, 0.3) is 0 Å². The first-order valence-electron chi connectivity index (χ1n) is 7.45. The van der Waals surface area contributed by atoms with Crippen LogP contribution in [-0.4, -0.2) is 83.5 Å². The molecular weight excluding hydrogens is 547 g/mol. The Bertz CT molecular complexity index is 731. The number of carbonyl (C=O) groups is 1. The standard InChI is InChI=1S/C12H7F17O5/c13-5(14,7(17,18)9(21,22)11(25,26)27)6(15,16)8(19,20)10(23,24)12(28,29)34-2-3(30)1-33-4(31)32/h3,30H,1-2H2,(H,31,32). The van der Waals surface area contributed by atoms with Gasteiger partial charge in [-0.1, -0.05) is 0 Å². The molecule has 0 heterocycles. The lowest BCUT2D eigenvalue weighted by Gasteiger charge is -2.42. The summed E-state index contributed by atoms with van der Waals surface area (Å²) in [5.41, 5.74) is 0. The van der Waals surface area contributed by atoms with Crippen LogP contribution in [0.1, 0.15) is 0 Å². The fraction of sp³-hybridized carbons (Fsp3) is 0.917. The summed E-state index contributed by atoms with van der Waals surface area (Å²) in [5.74, 6) is -51.0. The van der Waals surface area contributed by atoms with E-state index in [0.717, 1.165) is 0 Å². The normalized spacial score (nSPS) is 16.4. The average Bonchev–Trinajstić information content (AvgIpc) is 2.62. The van der Waals surface area contributed by atoms with Crippen molar-refractivity contribution in [3.63, 3.8) is 0 Å². The Balaban J connectivity index is 6.27.